The van der Waals surface area contributed by atoms with Crippen LogP contribution in [0.25, 0.3) is 0 Å². The van der Waals surface area contributed by atoms with E-state index in [0.29, 0.717) is 17.0 Å². The zero-order chi connectivity index (χ0) is 15.3. The van der Waals surface area contributed by atoms with E-state index in [4.69, 9.17) is 22.1 Å². The number of rotatable bonds is 4. The van der Waals surface area contributed by atoms with Crippen molar-refractivity contribution < 1.29 is 14.6 Å². The Bertz CT molecular complexity index is 452. The summed E-state index contributed by atoms with van der Waals surface area (Å²) >= 11 is 6.00. The van der Waals surface area contributed by atoms with E-state index in [1.165, 1.54) is 0 Å². The van der Waals surface area contributed by atoms with Crippen LogP contribution in [0.1, 0.15) is 26.3 Å². The van der Waals surface area contributed by atoms with Gasteiger partial charge < -0.3 is 20.9 Å². The fourth-order valence-electron chi connectivity index (χ4n) is 1.61. The average Bonchev–Trinajstić information content (AvgIpc) is 2.29. The molecule has 5 nitrogen and oxygen atoms in total. The maximum atomic E-state index is 11.5. The molecular formula is C14H21ClN2O3. The van der Waals surface area contributed by atoms with E-state index < -0.39 is 11.7 Å². The molecule has 1 rings (SSSR count). The zero-order valence-corrected chi connectivity index (χ0v) is 12.7. The van der Waals surface area contributed by atoms with Crippen LogP contribution < -0.4 is 11.1 Å². The van der Waals surface area contributed by atoms with Crippen molar-refractivity contribution in [3.8, 4) is 5.75 Å². The zero-order valence-electron chi connectivity index (χ0n) is 11.9. The fourth-order valence-corrected chi connectivity index (χ4v) is 1.86. The number of hydrogen-bond acceptors (Lipinski definition) is 4. The third kappa shape index (κ3) is 5.67. The molecule has 0 fully saturated rings. The lowest BCUT2D eigenvalue weighted by Crippen LogP contribution is -2.41. The average molecular weight is 301 g/mol. The maximum absolute atomic E-state index is 11.5. The molecule has 20 heavy (non-hydrogen) atoms. The normalized spacial score (nSPS) is 12.8. The van der Waals surface area contributed by atoms with Gasteiger partial charge in [0.1, 0.15) is 11.4 Å². The number of halogens is 1. The van der Waals surface area contributed by atoms with Gasteiger partial charge in [0.15, 0.2) is 0 Å². The van der Waals surface area contributed by atoms with Gasteiger partial charge in [0.2, 0.25) is 0 Å². The van der Waals surface area contributed by atoms with Gasteiger partial charge in [-0.1, -0.05) is 17.7 Å². The second kappa shape index (κ2) is 6.81. The van der Waals surface area contributed by atoms with Crippen molar-refractivity contribution in [1.82, 2.24) is 5.32 Å². The number of nitrogens with two attached hydrogens (primary N) is 1. The molecule has 0 radical (unpaired) electrons. The molecule has 0 spiro atoms. The van der Waals surface area contributed by atoms with Gasteiger partial charge in [0.25, 0.3) is 0 Å². The van der Waals surface area contributed by atoms with Gasteiger partial charge in [-0.2, -0.15) is 0 Å². The van der Waals surface area contributed by atoms with Crippen LogP contribution in [0.15, 0.2) is 18.2 Å². The number of amides is 1. The van der Waals surface area contributed by atoms with Crippen molar-refractivity contribution in [2.45, 2.75) is 38.8 Å². The minimum Gasteiger partial charge on any atom is -0.508 e. The topological polar surface area (TPSA) is 84.6 Å². The number of phenols is 1. The van der Waals surface area contributed by atoms with Crippen LogP contribution in [0.5, 0.6) is 5.75 Å². The molecular weight excluding hydrogens is 280 g/mol. The van der Waals surface area contributed by atoms with Gasteiger partial charge in [-0.05, 0) is 39.3 Å². The van der Waals surface area contributed by atoms with Crippen LogP contribution >= 0.6 is 11.6 Å². The van der Waals surface area contributed by atoms with E-state index >= 15 is 0 Å². The van der Waals surface area contributed by atoms with Crippen LogP contribution in [0.4, 0.5) is 4.79 Å². The number of carbonyl (C=O) groups is 1. The summed E-state index contributed by atoms with van der Waals surface area (Å²) in [7, 11) is 0. The molecule has 1 aromatic carbocycles. The Hall–Kier alpha value is -1.46. The van der Waals surface area contributed by atoms with Crippen molar-refractivity contribution in [1.29, 1.82) is 0 Å². The molecule has 1 amide bonds. The van der Waals surface area contributed by atoms with Crippen LogP contribution in [0.2, 0.25) is 5.02 Å². The highest BCUT2D eigenvalue weighted by Crippen LogP contribution is 2.26. The van der Waals surface area contributed by atoms with Gasteiger partial charge in [-0.15, -0.1) is 0 Å². The Morgan fingerprint density at radius 2 is 2.15 bits per heavy atom. The molecule has 0 saturated heterocycles. The predicted octanol–water partition coefficient (Wildman–Crippen LogP) is 2.44. The summed E-state index contributed by atoms with van der Waals surface area (Å²) in [6.07, 6.45) is -0.155. The van der Waals surface area contributed by atoms with Crippen molar-refractivity contribution in [3.05, 3.63) is 28.8 Å². The lowest BCUT2D eigenvalue weighted by atomic mass is 10.1. The van der Waals surface area contributed by atoms with Gasteiger partial charge >= 0.3 is 6.09 Å². The number of benzene rings is 1. The first-order chi connectivity index (χ1) is 9.19. The Labute approximate surface area is 124 Å². The van der Waals surface area contributed by atoms with Crippen molar-refractivity contribution >= 4 is 17.7 Å². The molecule has 1 unspecified atom stereocenters. The van der Waals surface area contributed by atoms with Crippen LogP contribution in [-0.4, -0.2) is 29.4 Å². The molecule has 0 aliphatic carbocycles. The molecule has 0 aliphatic rings. The summed E-state index contributed by atoms with van der Waals surface area (Å²) in [4.78, 5) is 11.5. The molecule has 0 heterocycles. The number of nitrogens with one attached hydrogen (secondary N) is 1. The molecule has 4 N–H and O–H groups in total. The fraction of sp³-hybridized carbons (Fsp3) is 0.500. The largest absolute Gasteiger partial charge is 0.508 e. The standard InChI is InChI=1S/C14H21ClN2O3/c1-14(2,3)20-13(19)17-8-9(16)7-10-11(15)5-4-6-12(10)18/h4-6,9,18H,7-8,16H2,1-3H3,(H,17,19). The molecule has 1 atom stereocenters. The van der Waals surface area contributed by atoms with Crippen LogP contribution in [-0.2, 0) is 11.2 Å². The molecule has 1 aromatic rings. The highest BCUT2D eigenvalue weighted by atomic mass is 35.5. The van der Waals surface area contributed by atoms with Crippen LogP contribution in [0, 0.1) is 0 Å². The predicted molar refractivity (Wildman–Crippen MR) is 79.0 cm³/mol. The summed E-state index contributed by atoms with van der Waals surface area (Å²) in [6.45, 7) is 5.59. The smallest absolute Gasteiger partial charge is 0.407 e. The summed E-state index contributed by atoms with van der Waals surface area (Å²) in [6, 6.07) is 4.53. The quantitative estimate of drug-likeness (QED) is 0.797. The SMILES string of the molecule is CC(C)(C)OC(=O)NCC(N)Cc1c(O)cccc1Cl. The number of phenolic OH excluding ortho intramolecular Hbond substituents is 1. The first-order valence-electron chi connectivity index (χ1n) is 6.38. The van der Waals surface area contributed by atoms with Gasteiger partial charge in [-0.3, -0.25) is 0 Å². The molecule has 112 valence electrons. The second-order valence-corrected chi connectivity index (χ2v) is 5.99. The number of alkyl carbamates (subject to hydrolysis) is 1. The van der Waals surface area contributed by atoms with E-state index in [1.807, 2.05) is 0 Å². The maximum Gasteiger partial charge on any atom is 0.407 e. The summed E-state index contributed by atoms with van der Waals surface area (Å²) < 4.78 is 5.10. The first kappa shape index (κ1) is 16.6. The van der Waals surface area contributed by atoms with Gasteiger partial charge in [0.05, 0.1) is 0 Å². The third-order valence-corrected chi connectivity index (χ3v) is 2.82. The highest BCUT2D eigenvalue weighted by molar-refractivity contribution is 6.31. The summed E-state index contributed by atoms with van der Waals surface area (Å²) in [5, 5.41) is 12.8. The van der Waals surface area contributed by atoms with Gasteiger partial charge in [-0.25, -0.2) is 4.79 Å². The number of hydrogen-bond donors (Lipinski definition) is 3. The molecule has 0 bridgehead atoms. The van der Waals surface area contributed by atoms with Crippen LogP contribution in [0.3, 0.4) is 0 Å². The minimum absolute atomic E-state index is 0.102. The highest BCUT2D eigenvalue weighted by Gasteiger charge is 2.17. The van der Waals surface area contributed by atoms with E-state index in [0.717, 1.165) is 0 Å². The van der Waals surface area contributed by atoms with E-state index in [-0.39, 0.29) is 18.3 Å². The molecule has 0 aromatic heterocycles. The second-order valence-electron chi connectivity index (χ2n) is 5.58. The Morgan fingerprint density at radius 1 is 1.50 bits per heavy atom. The first-order valence-corrected chi connectivity index (χ1v) is 6.75. The van der Waals surface area contributed by atoms with E-state index in [9.17, 15) is 9.90 Å². The Morgan fingerprint density at radius 3 is 2.70 bits per heavy atom. The molecule has 0 saturated carbocycles. The Balaban J connectivity index is 2.48. The Kier molecular flexibility index (Phi) is 5.65. The van der Waals surface area contributed by atoms with Crippen molar-refractivity contribution in [2.24, 2.45) is 5.73 Å². The number of ether oxygens (including phenoxy) is 1. The lowest BCUT2D eigenvalue weighted by Gasteiger charge is -2.21. The molecule has 0 aliphatic heterocycles. The minimum atomic E-state index is -0.546. The van der Waals surface area contributed by atoms with Crippen molar-refractivity contribution in [3.63, 3.8) is 0 Å². The number of aromatic hydroxyl groups is 1. The number of carbonyl (C=O) groups excluding carboxylic acids is 1. The molecule has 6 heteroatoms. The van der Waals surface area contributed by atoms with Gasteiger partial charge in [0, 0.05) is 23.2 Å². The lowest BCUT2D eigenvalue weighted by molar-refractivity contribution is 0.0524. The summed E-state index contributed by atoms with van der Waals surface area (Å²) in [5.74, 6) is 0.102. The monoisotopic (exact) mass is 300 g/mol. The summed E-state index contributed by atoms with van der Waals surface area (Å²) in [5.41, 5.74) is 5.95. The van der Waals surface area contributed by atoms with E-state index in [1.54, 1.807) is 39.0 Å². The van der Waals surface area contributed by atoms with Crippen molar-refractivity contribution in [2.75, 3.05) is 6.54 Å². The van der Waals surface area contributed by atoms with E-state index in [2.05, 4.69) is 5.32 Å². The third-order valence-electron chi connectivity index (χ3n) is 2.47.